The van der Waals surface area contributed by atoms with Crippen molar-refractivity contribution in [3.05, 3.63) is 58.0 Å². The molecule has 1 atom stereocenters. The van der Waals surface area contributed by atoms with Crippen LogP contribution in [-0.2, 0) is 14.3 Å². The van der Waals surface area contributed by atoms with Crippen molar-refractivity contribution in [2.45, 2.75) is 19.4 Å². The Bertz CT molecular complexity index is 915. The molecule has 11 heteroatoms. The number of thioether (sulfide) groups is 1. The van der Waals surface area contributed by atoms with E-state index in [1.54, 1.807) is 6.07 Å². The minimum Gasteiger partial charge on any atom is -0.459 e. The second-order valence-corrected chi connectivity index (χ2v) is 7.13. The van der Waals surface area contributed by atoms with Gasteiger partial charge in [0.1, 0.15) is 6.04 Å². The van der Waals surface area contributed by atoms with Crippen LogP contribution in [0.5, 0.6) is 0 Å². The summed E-state index contributed by atoms with van der Waals surface area (Å²) < 4.78 is 10.0. The molecule has 160 valence electrons. The van der Waals surface area contributed by atoms with Gasteiger partial charge in [0.05, 0.1) is 22.4 Å². The molecule has 0 spiro atoms. The molecule has 0 aliphatic rings. The van der Waals surface area contributed by atoms with Crippen LogP contribution < -0.4 is 10.6 Å². The van der Waals surface area contributed by atoms with E-state index in [0.717, 1.165) is 0 Å². The number of furan rings is 1. The fraction of sp³-hybridized carbons (Fsp3) is 0.316. The van der Waals surface area contributed by atoms with Crippen molar-refractivity contribution in [1.29, 1.82) is 0 Å². The average molecular weight is 435 g/mol. The molecule has 1 aromatic carbocycles. The number of carbonyl (C=O) groups is 3. The van der Waals surface area contributed by atoms with Crippen molar-refractivity contribution in [2.75, 3.05) is 23.9 Å². The summed E-state index contributed by atoms with van der Waals surface area (Å²) in [4.78, 5) is 47.1. The number of esters is 1. The Morgan fingerprint density at radius 1 is 1.27 bits per heavy atom. The van der Waals surface area contributed by atoms with Gasteiger partial charge in [-0.1, -0.05) is 6.07 Å². The molecule has 0 bridgehead atoms. The molecule has 10 nitrogen and oxygen atoms in total. The van der Waals surface area contributed by atoms with E-state index < -0.39 is 35.4 Å². The van der Waals surface area contributed by atoms with Gasteiger partial charge in [0.25, 0.3) is 17.5 Å². The smallest absolute Gasteiger partial charge is 0.329 e. The summed E-state index contributed by atoms with van der Waals surface area (Å²) >= 11 is 1.49. The Morgan fingerprint density at radius 2 is 2.03 bits per heavy atom. The summed E-state index contributed by atoms with van der Waals surface area (Å²) in [7, 11) is 0. The van der Waals surface area contributed by atoms with Crippen LogP contribution in [-0.4, -0.2) is 47.4 Å². The third-order valence-corrected chi connectivity index (χ3v) is 4.71. The van der Waals surface area contributed by atoms with Crippen LogP contribution in [0.2, 0.25) is 0 Å². The Labute approximate surface area is 176 Å². The van der Waals surface area contributed by atoms with Crippen LogP contribution in [0, 0.1) is 17.0 Å². The largest absolute Gasteiger partial charge is 0.459 e. The maximum absolute atomic E-state index is 12.4. The van der Waals surface area contributed by atoms with Crippen molar-refractivity contribution in [2.24, 2.45) is 0 Å². The van der Waals surface area contributed by atoms with E-state index in [0.29, 0.717) is 12.2 Å². The number of hydrogen-bond donors (Lipinski definition) is 2. The van der Waals surface area contributed by atoms with Gasteiger partial charge in [-0.2, -0.15) is 11.8 Å². The van der Waals surface area contributed by atoms with Crippen LogP contribution in [0.15, 0.2) is 41.0 Å². The van der Waals surface area contributed by atoms with Gasteiger partial charge in [0.2, 0.25) is 0 Å². The number of hydrogen-bond acceptors (Lipinski definition) is 8. The van der Waals surface area contributed by atoms with Crippen molar-refractivity contribution in [1.82, 2.24) is 5.32 Å². The Morgan fingerprint density at radius 3 is 2.67 bits per heavy atom. The van der Waals surface area contributed by atoms with Gasteiger partial charge in [0.15, 0.2) is 12.4 Å². The molecule has 30 heavy (non-hydrogen) atoms. The Kier molecular flexibility index (Phi) is 8.41. The lowest BCUT2D eigenvalue weighted by Gasteiger charge is -2.17. The number of carbonyl (C=O) groups excluding carboxylic acids is 3. The molecule has 2 N–H and O–H groups in total. The fourth-order valence-corrected chi connectivity index (χ4v) is 2.97. The van der Waals surface area contributed by atoms with E-state index in [1.807, 2.05) is 6.26 Å². The van der Waals surface area contributed by atoms with Gasteiger partial charge in [0, 0.05) is 6.07 Å². The van der Waals surface area contributed by atoms with Gasteiger partial charge in [-0.05, 0) is 43.6 Å². The highest BCUT2D eigenvalue weighted by Gasteiger charge is 2.24. The molecule has 2 aromatic rings. The topological polar surface area (TPSA) is 141 Å². The van der Waals surface area contributed by atoms with E-state index in [4.69, 9.17) is 9.15 Å². The first-order valence-electron chi connectivity index (χ1n) is 8.87. The zero-order valence-electron chi connectivity index (χ0n) is 16.4. The number of benzene rings is 1. The monoisotopic (exact) mass is 435 g/mol. The number of anilines is 1. The summed E-state index contributed by atoms with van der Waals surface area (Å²) in [5, 5.41) is 16.0. The minimum absolute atomic E-state index is 0.0517. The zero-order chi connectivity index (χ0) is 22.1. The second kappa shape index (κ2) is 11.0. The maximum Gasteiger partial charge on any atom is 0.329 e. The van der Waals surface area contributed by atoms with Crippen LogP contribution in [0.3, 0.4) is 0 Å². The van der Waals surface area contributed by atoms with Crippen LogP contribution >= 0.6 is 11.8 Å². The highest BCUT2D eigenvalue weighted by Crippen LogP contribution is 2.24. The number of ether oxygens (including phenoxy) is 1. The van der Waals surface area contributed by atoms with Crippen LogP contribution in [0.4, 0.5) is 11.4 Å². The van der Waals surface area contributed by atoms with Crippen LogP contribution in [0.25, 0.3) is 0 Å². The van der Waals surface area contributed by atoms with E-state index in [1.165, 1.54) is 49.2 Å². The predicted molar refractivity (Wildman–Crippen MR) is 110 cm³/mol. The molecule has 0 aliphatic carbocycles. The molecule has 2 amide bonds. The number of amides is 2. The van der Waals surface area contributed by atoms with Gasteiger partial charge in [-0.15, -0.1) is 0 Å². The zero-order valence-corrected chi connectivity index (χ0v) is 17.2. The second-order valence-electron chi connectivity index (χ2n) is 6.15. The normalized spacial score (nSPS) is 11.4. The predicted octanol–water partition coefficient (Wildman–Crippen LogP) is 2.53. The van der Waals surface area contributed by atoms with Gasteiger partial charge in [-0.3, -0.25) is 19.7 Å². The molecule has 0 fully saturated rings. The lowest BCUT2D eigenvalue weighted by molar-refractivity contribution is -0.385. The molecule has 0 radical (unpaired) electrons. The highest BCUT2D eigenvalue weighted by molar-refractivity contribution is 7.98. The summed E-state index contributed by atoms with van der Waals surface area (Å²) in [6.07, 6.45) is 3.49. The van der Waals surface area contributed by atoms with Crippen molar-refractivity contribution in [3.8, 4) is 0 Å². The minimum atomic E-state index is -0.956. The number of nitrogens with zero attached hydrogens (tertiary/aromatic N) is 1. The number of nitro benzene ring substituents is 1. The molecule has 2 rings (SSSR count). The average Bonchev–Trinajstić information content (AvgIpc) is 3.25. The lowest BCUT2D eigenvalue weighted by atomic mass is 10.1. The summed E-state index contributed by atoms with van der Waals surface area (Å²) in [6.45, 7) is 0.899. The van der Waals surface area contributed by atoms with Gasteiger partial charge >= 0.3 is 5.97 Å². The summed E-state index contributed by atoms with van der Waals surface area (Å²) in [5.41, 5.74) is 0.392. The number of rotatable bonds is 10. The van der Waals surface area contributed by atoms with E-state index >= 15 is 0 Å². The molecule has 0 saturated carbocycles. The molecule has 0 aliphatic heterocycles. The molecular weight excluding hydrogens is 414 g/mol. The first-order valence-corrected chi connectivity index (χ1v) is 10.3. The molecular formula is C19H21N3O7S. The van der Waals surface area contributed by atoms with Gasteiger partial charge < -0.3 is 19.8 Å². The van der Waals surface area contributed by atoms with E-state index in [-0.39, 0.29) is 22.7 Å². The quantitative estimate of drug-likeness (QED) is 0.329. The van der Waals surface area contributed by atoms with Crippen LogP contribution in [0.1, 0.15) is 22.5 Å². The molecule has 1 aromatic heterocycles. The van der Waals surface area contributed by atoms with Crippen molar-refractivity contribution < 1.29 is 28.5 Å². The highest BCUT2D eigenvalue weighted by atomic mass is 32.2. The first-order chi connectivity index (χ1) is 14.3. The van der Waals surface area contributed by atoms with E-state index in [9.17, 15) is 24.5 Å². The maximum atomic E-state index is 12.4. The summed E-state index contributed by atoms with van der Waals surface area (Å²) in [6, 6.07) is 6.32. The number of nitrogens with one attached hydrogen (secondary N) is 2. The van der Waals surface area contributed by atoms with Crippen molar-refractivity contribution in [3.63, 3.8) is 0 Å². The third kappa shape index (κ3) is 6.34. The lowest BCUT2D eigenvalue weighted by Crippen LogP contribution is -2.43. The molecule has 0 saturated heterocycles. The van der Waals surface area contributed by atoms with E-state index in [2.05, 4.69) is 10.6 Å². The Balaban J connectivity index is 1.95. The first kappa shape index (κ1) is 22.9. The van der Waals surface area contributed by atoms with Crippen molar-refractivity contribution >= 4 is 40.9 Å². The Hall–Kier alpha value is -3.34. The molecule has 1 heterocycles. The SMILES string of the molecule is CSCCC(NC(=O)c1ccco1)C(=O)OCC(=O)Nc1cccc([N+](=O)[O-])c1C. The molecule has 1 unspecified atom stereocenters. The van der Waals surface area contributed by atoms with Gasteiger partial charge in [-0.25, -0.2) is 4.79 Å². The standard InChI is InChI=1S/C19H21N3O7S/c1-12-13(5-3-6-15(12)22(26)27)20-17(23)11-29-19(25)14(8-10-30-2)21-18(24)16-7-4-9-28-16/h3-7,9,14H,8,10-11H2,1-2H3,(H,20,23)(H,21,24). The summed E-state index contributed by atoms with van der Waals surface area (Å²) in [5.74, 6) is -1.37. The fourth-order valence-electron chi connectivity index (χ4n) is 2.50. The number of nitro groups is 1. The third-order valence-electron chi connectivity index (χ3n) is 4.07.